The van der Waals surface area contributed by atoms with E-state index < -0.39 is 8.07 Å². The smallest absolute Gasteiger partial charge is 0.251 e. The third kappa shape index (κ3) is 6.81. The van der Waals surface area contributed by atoms with Crippen molar-refractivity contribution < 1.29 is 4.74 Å². The van der Waals surface area contributed by atoms with E-state index in [0.29, 0.717) is 13.2 Å². The van der Waals surface area contributed by atoms with Gasteiger partial charge < -0.3 is 19.2 Å². The Labute approximate surface area is 230 Å². The monoisotopic (exact) mass is 545 g/mol. The lowest BCUT2D eigenvalue weighted by Crippen LogP contribution is -2.46. The van der Waals surface area contributed by atoms with E-state index in [-0.39, 0.29) is 5.56 Å². The molecule has 0 aliphatic carbocycles. The summed E-state index contributed by atoms with van der Waals surface area (Å²) in [6.07, 6.45) is 8.33. The number of aromatic amines is 1. The molecular weight excluding hydrogens is 506 g/mol. The number of H-pyrrole nitrogens is 1. The van der Waals surface area contributed by atoms with Crippen LogP contribution in [0.15, 0.2) is 53.8 Å². The van der Waals surface area contributed by atoms with Crippen LogP contribution in [0.4, 0.5) is 5.69 Å². The number of hydrogen-bond donors (Lipinski definition) is 1. The van der Waals surface area contributed by atoms with Crippen LogP contribution in [-0.4, -0.2) is 70.3 Å². The number of aryl methyl sites for hydroxylation is 1. The molecule has 39 heavy (non-hydrogen) atoms. The zero-order valence-electron chi connectivity index (χ0n) is 23.5. The van der Waals surface area contributed by atoms with Crippen LogP contribution in [0.3, 0.4) is 0 Å². The summed E-state index contributed by atoms with van der Waals surface area (Å²) in [4.78, 5) is 33.9. The molecule has 1 aliphatic rings. The standard InChI is InChI=1S/C29H39N7O2Si/c1-5-23-17-26-27(33-29(23)37)16-22(18-31-26)20-34-10-12-35(13-11-34)24-6-7-25(32-19-24)28-30-8-9-36(28)21-38-14-15-39(2,3)4/h6-9,16-19H,5,10-15,20-21H2,1-4H3,(H,33,37). The first-order chi connectivity index (χ1) is 18.8. The van der Waals surface area contributed by atoms with Crippen LogP contribution in [-0.2, 0) is 24.4 Å². The number of anilines is 1. The van der Waals surface area contributed by atoms with Crippen molar-refractivity contribution in [3.8, 4) is 11.5 Å². The maximum atomic E-state index is 12.2. The summed E-state index contributed by atoms with van der Waals surface area (Å²) in [6, 6.07) is 9.29. The molecule has 9 nitrogen and oxygen atoms in total. The van der Waals surface area contributed by atoms with E-state index in [1.807, 2.05) is 42.2 Å². The fraction of sp³-hybridized carbons (Fsp3) is 0.448. The van der Waals surface area contributed by atoms with Gasteiger partial charge in [-0.15, -0.1) is 0 Å². The molecule has 4 aromatic rings. The lowest BCUT2D eigenvalue weighted by atomic mass is 10.1. The van der Waals surface area contributed by atoms with Gasteiger partial charge in [-0.25, -0.2) is 4.98 Å². The summed E-state index contributed by atoms with van der Waals surface area (Å²) in [6.45, 7) is 14.9. The number of pyridine rings is 3. The number of nitrogens with one attached hydrogen (secondary N) is 1. The van der Waals surface area contributed by atoms with E-state index in [4.69, 9.17) is 9.72 Å². The van der Waals surface area contributed by atoms with Crippen LogP contribution < -0.4 is 10.5 Å². The third-order valence-electron chi connectivity index (χ3n) is 7.27. The molecule has 0 bridgehead atoms. The zero-order chi connectivity index (χ0) is 27.4. The Morgan fingerprint density at radius 2 is 1.85 bits per heavy atom. The summed E-state index contributed by atoms with van der Waals surface area (Å²) >= 11 is 0. The number of imidazole rings is 1. The van der Waals surface area contributed by atoms with Crippen LogP contribution in [0, 0.1) is 0 Å². The molecule has 0 unspecified atom stereocenters. The highest BCUT2D eigenvalue weighted by molar-refractivity contribution is 6.76. The molecule has 4 aromatic heterocycles. The second-order valence-electron chi connectivity index (χ2n) is 11.5. The van der Waals surface area contributed by atoms with Crippen molar-refractivity contribution in [3.63, 3.8) is 0 Å². The highest BCUT2D eigenvalue weighted by Gasteiger charge is 2.19. The van der Waals surface area contributed by atoms with Gasteiger partial charge in [0.2, 0.25) is 0 Å². The number of ether oxygens (including phenoxy) is 1. The Hall–Kier alpha value is -3.34. The Bertz CT molecular complexity index is 1450. The Kier molecular flexibility index (Phi) is 8.25. The van der Waals surface area contributed by atoms with Crippen LogP contribution in [0.1, 0.15) is 18.1 Å². The Morgan fingerprint density at radius 3 is 2.56 bits per heavy atom. The van der Waals surface area contributed by atoms with Crippen molar-refractivity contribution >= 4 is 24.8 Å². The number of nitrogens with zero attached hydrogens (tertiary/aromatic N) is 6. The van der Waals surface area contributed by atoms with E-state index in [9.17, 15) is 4.79 Å². The van der Waals surface area contributed by atoms with E-state index in [0.717, 1.165) is 84.7 Å². The van der Waals surface area contributed by atoms with Crippen LogP contribution in [0.2, 0.25) is 25.7 Å². The molecule has 0 radical (unpaired) electrons. The quantitative estimate of drug-likeness (QED) is 0.234. The fourth-order valence-electron chi connectivity index (χ4n) is 4.83. The van der Waals surface area contributed by atoms with Crippen molar-refractivity contribution in [2.45, 2.75) is 52.3 Å². The van der Waals surface area contributed by atoms with Crippen molar-refractivity contribution in [1.29, 1.82) is 0 Å². The first-order valence-electron chi connectivity index (χ1n) is 13.8. The van der Waals surface area contributed by atoms with Crippen LogP contribution >= 0.6 is 0 Å². The van der Waals surface area contributed by atoms with Gasteiger partial charge >= 0.3 is 0 Å². The van der Waals surface area contributed by atoms with Crippen molar-refractivity contribution in [2.24, 2.45) is 0 Å². The third-order valence-corrected chi connectivity index (χ3v) is 8.97. The van der Waals surface area contributed by atoms with Gasteiger partial charge in [-0.2, -0.15) is 0 Å². The van der Waals surface area contributed by atoms with Gasteiger partial charge in [0.05, 0.1) is 22.9 Å². The molecular formula is C29H39N7O2Si. The second-order valence-corrected chi connectivity index (χ2v) is 17.1. The Balaban J connectivity index is 1.15. The number of aromatic nitrogens is 5. The fourth-order valence-corrected chi connectivity index (χ4v) is 5.59. The van der Waals surface area contributed by atoms with Crippen LogP contribution in [0.5, 0.6) is 0 Å². The first kappa shape index (κ1) is 27.2. The largest absolute Gasteiger partial charge is 0.368 e. The molecule has 0 spiro atoms. The van der Waals surface area contributed by atoms with Gasteiger partial charge in [0, 0.05) is 71.6 Å². The molecule has 1 aliphatic heterocycles. The van der Waals surface area contributed by atoms with Gasteiger partial charge in [0.1, 0.15) is 12.4 Å². The minimum Gasteiger partial charge on any atom is -0.368 e. The number of hydrogen-bond acceptors (Lipinski definition) is 7. The number of piperazine rings is 1. The van der Waals surface area contributed by atoms with Gasteiger partial charge in [0.15, 0.2) is 5.82 Å². The molecule has 0 amide bonds. The average Bonchev–Trinajstić information content (AvgIpc) is 3.39. The minimum atomic E-state index is -1.10. The average molecular weight is 546 g/mol. The highest BCUT2D eigenvalue weighted by atomic mass is 28.3. The highest BCUT2D eigenvalue weighted by Crippen LogP contribution is 2.22. The van der Waals surface area contributed by atoms with Gasteiger partial charge in [-0.1, -0.05) is 26.6 Å². The van der Waals surface area contributed by atoms with Crippen molar-refractivity contribution in [3.05, 3.63) is 70.5 Å². The SMILES string of the molecule is CCc1cc2ncc(CN3CCN(c4ccc(-c5nccn5COCC[Si](C)(C)C)nc4)CC3)cc2[nH]c1=O. The minimum absolute atomic E-state index is 0.0213. The topological polar surface area (TPSA) is 92.2 Å². The van der Waals surface area contributed by atoms with E-state index in [2.05, 4.69) is 56.5 Å². The molecule has 5 rings (SSSR count). The summed E-state index contributed by atoms with van der Waals surface area (Å²) < 4.78 is 7.94. The van der Waals surface area contributed by atoms with E-state index in [1.54, 1.807) is 6.20 Å². The summed E-state index contributed by atoms with van der Waals surface area (Å²) in [5.41, 5.74) is 5.48. The molecule has 206 valence electrons. The maximum Gasteiger partial charge on any atom is 0.251 e. The number of fused-ring (bicyclic) bond motifs is 1. The molecule has 5 heterocycles. The van der Waals surface area contributed by atoms with Crippen molar-refractivity contribution in [1.82, 2.24) is 29.4 Å². The summed E-state index contributed by atoms with van der Waals surface area (Å²) in [7, 11) is -1.10. The summed E-state index contributed by atoms with van der Waals surface area (Å²) in [5.74, 6) is 0.829. The summed E-state index contributed by atoms with van der Waals surface area (Å²) in [5, 5.41) is 0. The zero-order valence-corrected chi connectivity index (χ0v) is 24.5. The predicted octanol–water partition coefficient (Wildman–Crippen LogP) is 4.38. The van der Waals surface area contributed by atoms with Gasteiger partial charge in [-0.05, 0) is 42.3 Å². The molecule has 0 aromatic carbocycles. The van der Waals surface area contributed by atoms with E-state index in [1.165, 1.54) is 0 Å². The molecule has 10 heteroatoms. The van der Waals surface area contributed by atoms with E-state index >= 15 is 0 Å². The molecule has 1 saturated heterocycles. The normalized spacial score (nSPS) is 14.8. The lowest BCUT2D eigenvalue weighted by Gasteiger charge is -2.36. The lowest BCUT2D eigenvalue weighted by molar-refractivity contribution is 0.0882. The molecule has 1 N–H and O–H groups in total. The second kappa shape index (κ2) is 11.8. The first-order valence-corrected chi connectivity index (χ1v) is 17.5. The van der Waals surface area contributed by atoms with Gasteiger partial charge in [0.25, 0.3) is 5.56 Å². The maximum absolute atomic E-state index is 12.2. The molecule has 0 saturated carbocycles. The van der Waals surface area contributed by atoms with Gasteiger partial charge in [-0.3, -0.25) is 19.7 Å². The number of rotatable bonds is 10. The predicted molar refractivity (Wildman–Crippen MR) is 159 cm³/mol. The van der Waals surface area contributed by atoms with Crippen LogP contribution in [0.25, 0.3) is 22.6 Å². The molecule has 1 fully saturated rings. The van der Waals surface area contributed by atoms with Crippen molar-refractivity contribution in [2.75, 3.05) is 37.7 Å². The Morgan fingerprint density at radius 1 is 1.03 bits per heavy atom. The molecule has 0 atom stereocenters.